The third-order valence-electron chi connectivity index (χ3n) is 3.92. The predicted octanol–water partition coefficient (Wildman–Crippen LogP) is 3.80. The number of halogens is 1. The van der Waals surface area contributed by atoms with Crippen molar-refractivity contribution in [2.24, 2.45) is 10.7 Å². The molecule has 0 saturated heterocycles. The van der Waals surface area contributed by atoms with E-state index in [9.17, 15) is 0 Å². The largest absolute Gasteiger partial charge is 0.493 e. The number of aliphatic imine (C=N–C) groups is 1. The summed E-state index contributed by atoms with van der Waals surface area (Å²) in [5.41, 5.74) is 8.93. The topological polar surface area (TPSA) is 87.3 Å². The highest BCUT2D eigenvalue weighted by Gasteiger charge is 2.05. The molecule has 8 heteroatoms. The minimum absolute atomic E-state index is 0. The zero-order valence-corrected chi connectivity index (χ0v) is 19.5. The molecule has 0 saturated carbocycles. The van der Waals surface area contributed by atoms with Crippen LogP contribution in [0.4, 0.5) is 5.69 Å². The van der Waals surface area contributed by atoms with Crippen molar-refractivity contribution in [2.45, 2.75) is 20.1 Å². The molecule has 0 aliphatic heterocycles. The van der Waals surface area contributed by atoms with Gasteiger partial charge < -0.3 is 30.0 Å². The normalized spacial score (nSPS) is 10.9. The Labute approximate surface area is 189 Å². The number of nitrogens with zero attached hydrogens (tertiary/aromatic N) is 1. The number of ether oxygens (including phenoxy) is 4. The van der Waals surface area contributed by atoms with Gasteiger partial charge in [-0.2, -0.15) is 0 Å². The van der Waals surface area contributed by atoms with Crippen LogP contribution in [0.25, 0.3) is 0 Å². The number of rotatable bonds is 11. The van der Waals surface area contributed by atoms with Gasteiger partial charge in [0.05, 0.1) is 40.6 Å². The molecule has 3 N–H and O–H groups in total. The van der Waals surface area contributed by atoms with Crippen molar-refractivity contribution in [3.8, 4) is 11.5 Å². The van der Waals surface area contributed by atoms with Crippen LogP contribution in [-0.2, 0) is 22.6 Å². The number of anilines is 1. The number of nitrogens with one attached hydrogen (secondary N) is 1. The van der Waals surface area contributed by atoms with Gasteiger partial charge in [-0.3, -0.25) is 0 Å². The molecular weight excluding hydrogens is 485 g/mol. The van der Waals surface area contributed by atoms with Gasteiger partial charge in [0.2, 0.25) is 0 Å². The lowest BCUT2D eigenvalue weighted by Crippen LogP contribution is -2.22. The maximum atomic E-state index is 6.01. The van der Waals surface area contributed by atoms with Crippen molar-refractivity contribution in [1.82, 2.24) is 0 Å². The Bertz CT molecular complexity index is 771. The fourth-order valence-electron chi connectivity index (χ4n) is 2.55. The van der Waals surface area contributed by atoms with Gasteiger partial charge in [0, 0.05) is 18.4 Å². The fourth-order valence-corrected chi connectivity index (χ4v) is 2.55. The lowest BCUT2D eigenvalue weighted by Gasteiger charge is -2.11. The smallest absolute Gasteiger partial charge is 0.193 e. The van der Waals surface area contributed by atoms with E-state index in [1.54, 1.807) is 20.3 Å². The average molecular weight is 515 g/mol. The van der Waals surface area contributed by atoms with Crippen LogP contribution in [0.15, 0.2) is 47.5 Å². The maximum Gasteiger partial charge on any atom is 0.193 e. The van der Waals surface area contributed by atoms with Gasteiger partial charge in [-0.05, 0) is 30.2 Å². The summed E-state index contributed by atoms with van der Waals surface area (Å²) in [7, 11) is 3.19. The Balaban J connectivity index is 0.00000420. The molecule has 29 heavy (non-hydrogen) atoms. The van der Waals surface area contributed by atoms with Gasteiger partial charge in [0.1, 0.15) is 0 Å². The molecule has 0 aliphatic rings. The Morgan fingerprint density at radius 1 is 0.966 bits per heavy atom. The summed E-state index contributed by atoms with van der Waals surface area (Å²) in [5.74, 6) is 1.60. The molecule has 0 heterocycles. The van der Waals surface area contributed by atoms with E-state index in [0.717, 1.165) is 16.8 Å². The minimum atomic E-state index is 0. The van der Waals surface area contributed by atoms with Crippen molar-refractivity contribution in [2.75, 3.05) is 39.4 Å². The Morgan fingerprint density at radius 3 is 2.41 bits per heavy atom. The molecule has 0 atom stereocenters. The van der Waals surface area contributed by atoms with E-state index >= 15 is 0 Å². The molecule has 0 bridgehead atoms. The highest BCUT2D eigenvalue weighted by atomic mass is 127. The van der Waals surface area contributed by atoms with E-state index in [2.05, 4.69) is 16.4 Å². The van der Waals surface area contributed by atoms with Crippen LogP contribution in [0.1, 0.15) is 18.1 Å². The maximum absolute atomic E-state index is 6.01. The zero-order valence-electron chi connectivity index (χ0n) is 17.1. The van der Waals surface area contributed by atoms with E-state index in [0.29, 0.717) is 50.4 Å². The van der Waals surface area contributed by atoms with E-state index in [4.69, 9.17) is 24.7 Å². The second kappa shape index (κ2) is 14.0. The Hall–Kier alpha value is -2.04. The van der Waals surface area contributed by atoms with Crippen molar-refractivity contribution in [3.63, 3.8) is 0 Å². The molecule has 0 spiro atoms. The lowest BCUT2D eigenvalue weighted by atomic mass is 10.1. The van der Waals surface area contributed by atoms with Crippen LogP contribution in [-0.4, -0.2) is 40.0 Å². The van der Waals surface area contributed by atoms with Crippen molar-refractivity contribution < 1.29 is 18.9 Å². The van der Waals surface area contributed by atoms with Crippen LogP contribution < -0.4 is 20.5 Å². The Morgan fingerprint density at radius 2 is 1.69 bits per heavy atom. The number of hydrogen-bond acceptors (Lipinski definition) is 5. The Kier molecular flexibility index (Phi) is 12.1. The van der Waals surface area contributed by atoms with Crippen LogP contribution in [0, 0.1) is 0 Å². The minimum Gasteiger partial charge on any atom is -0.493 e. The molecule has 0 fully saturated rings. The molecule has 0 aromatic heterocycles. The SMILES string of the molecule is CCOCCOCc1cccc(CN=C(N)Nc2ccc(OC)c(OC)c2)c1.I. The molecule has 0 unspecified atom stereocenters. The molecule has 160 valence electrons. The monoisotopic (exact) mass is 515 g/mol. The number of guanidine groups is 1. The van der Waals surface area contributed by atoms with E-state index in [-0.39, 0.29) is 24.0 Å². The number of hydrogen-bond donors (Lipinski definition) is 2. The van der Waals surface area contributed by atoms with Crippen LogP contribution in [0.3, 0.4) is 0 Å². The summed E-state index contributed by atoms with van der Waals surface area (Å²) in [6.07, 6.45) is 0. The van der Waals surface area contributed by atoms with Gasteiger partial charge >= 0.3 is 0 Å². The quantitative estimate of drug-likeness (QED) is 0.205. The van der Waals surface area contributed by atoms with Crippen LogP contribution in [0.2, 0.25) is 0 Å². The highest BCUT2D eigenvalue weighted by molar-refractivity contribution is 14.0. The second-order valence-corrected chi connectivity index (χ2v) is 5.97. The summed E-state index contributed by atoms with van der Waals surface area (Å²) in [4.78, 5) is 4.40. The van der Waals surface area contributed by atoms with Crippen LogP contribution in [0.5, 0.6) is 11.5 Å². The number of nitrogens with two attached hydrogens (primary N) is 1. The van der Waals surface area contributed by atoms with Gasteiger partial charge in [-0.1, -0.05) is 24.3 Å². The standard InChI is InChI=1S/C21H29N3O4.HI/c1-4-27-10-11-28-15-17-7-5-6-16(12-17)14-23-21(22)24-18-8-9-19(25-2)20(13-18)26-3;/h5-9,12-13H,4,10-11,14-15H2,1-3H3,(H3,22,23,24);1H. The molecule has 2 rings (SSSR count). The van der Waals surface area contributed by atoms with Crippen LogP contribution >= 0.6 is 24.0 Å². The van der Waals surface area contributed by atoms with E-state index < -0.39 is 0 Å². The third-order valence-corrected chi connectivity index (χ3v) is 3.92. The molecule has 2 aromatic rings. The number of methoxy groups -OCH3 is 2. The van der Waals surface area contributed by atoms with Gasteiger partial charge in [0.15, 0.2) is 17.5 Å². The molecule has 0 radical (unpaired) electrons. The van der Waals surface area contributed by atoms with Gasteiger partial charge in [0.25, 0.3) is 0 Å². The van der Waals surface area contributed by atoms with E-state index in [1.165, 1.54) is 0 Å². The molecule has 7 nitrogen and oxygen atoms in total. The molecule has 2 aromatic carbocycles. The predicted molar refractivity (Wildman–Crippen MR) is 127 cm³/mol. The third kappa shape index (κ3) is 8.88. The van der Waals surface area contributed by atoms with Gasteiger partial charge in [-0.15, -0.1) is 24.0 Å². The summed E-state index contributed by atoms with van der Waals surface area (Å²) >= 11 is 0. The van der Waals surface area contributed by atoms with Crippen molar-refractivity contribution in [1.29, 1.82) is 0 Å². The number of benzene rings is 2. The second-order valence-electron chi connectivity index (χ2n) is 5.97. The zero-order chi connectivity index (χ0) is 20.2. The van der Waals surface area contributed by atoms with Gasteiger partial charge in [-0.25, -0.2) is 4.99 Å². The molecule has 0 aliphatic carbocycles. The fraction of sp³-hybridized carbons (Fsp3) is 0.381. The van der Waals surface area contributed by atoms with E-state index in [1.807, 2.05) is 37.3 Å². The first-order valence-electron chi connectivity index (χ1n) is 9.18. The van der Waals surface area contributed by atoms with Crippen molar-refractivity contribution >= 4 is 35.6 Å². The first kappa shape index (κ1) is 25.0. The molecule has 0 amide bonds. The van der Waals surface area contributed by atoms with Crippen molar-refractivity contribution in [3.05, 3.63) is 53.6 Å². The summed E-state index contributed by atoms with van der Waals surface area (Å²) in [6, 6.07) is 13.6. The summed E-state index contributed by atoms with van der Waals surface area (Å²) < 4.78 is 21.4. The summed E-state index contributed by atoms with van der Waals surface area (Å²) in [5, 5.41) is 3.06. The first-order chi connectivity index (χ1) is 13.7. The summed E-state index contributed by atoms with van der Waals surface area (Å²) in [6.45, 7) is 4.88. The lowest BCUT2D eigenvalue weighted by molar-refractivity contribution is 0.0453. The highest BCUT2D eigenvalue weighted by Crippen LogP contribution is 2.29. The first-order valence-corrected chi connectivity index (χ1v) is 9.18. The average Bonchev–Trinajstić information content (AvgIpc) is 2.72. The molecular formula is C21H30IN3O4.